The normalized spacial score (nSPS) is 10.6. The monoisotopic (exact) mass is 271 g/mol. The Morgan fingerprint density at radius 2 is 1.80 bits per heavy atom. The molecule has 0 amide bonds. The lowest BCUT2D eigenvalue weighted by Gasteiger charge is -2.11. The fraction of sp³-hybridized carbons (Fsp3) is 0.294. The van der Waals surface area contributed by atoms with Gasteiger partial charge in [0.1, 0.15) is 11.5 Å². The minimum absolute atomic E-state index is 0.193. The van der Waals surface area contributed by atoms with E-state index in [9.17, 15) is 5.11 Å². The van der Waals surface area contributed by atoms with E-state index in [-0.39, 0.29) is 6.10 Å². The second-order valence-corrected chi connectivity index (χ2v) is 5.17. The average molecular weight is 271 g/mol. The smallest absolute Gasteiger partial charge is 0.119 e. The average Bonchev–Trinajstić information content (AvgIpc) is 2.41. The summed E-state index contributed by atoms with van der Waals surface area (Å²) in [5, 5.41) is 12.8. The Kier molecular flexibility index (Phi) is 4.51. The van der Waals surface area contributed by atoms with Crippen LogP contribution in [0.3, 0.4) is 0 Å². The standard InChI is InChI=1S/C17H21NO2/c1-12(2)20-16-7-4-14(5-8-16)11-18-15-6-9-17(19)13(3)10-15/h4-10,12,18-19H,11H2,1-3H3. The molecule has 2 rings (SSSR count). The molecular weight excluding hydrogens is 250 g/mol. The summed E-state index contributed by atoms with van der Waals surface area (Å²) in [4.78, 5) is 0. The van der Waals surface area contributed by atoms with Crippen molar-refractivity contribution in [2.45, 2.75) is 33.4 Å². The SMILES string of the molecule is Cc1cc(NCc2ccc(OC(C)C)cc2)ccc1O. The molecule has 0 saturated heterocycles. The highest BCUT2D eigenvalue weighted by molar-refractivity contribution is 5.50. The van der Waals surface area contributed by atoms with Gasteiger partial charge in [-0.2, -0.15) is 0 Å². The summed E-state index contributed by atoms with van der Waals surface area (Å²) < 4.78 is 5.61. The quantitative estimate of drug-likeness (QED) is 0.804. The molecule has 2 N–H and O–H groups in total. The first-order valence-corrected chi connectivity index (χ1v) is 6.83. The zero-order chi connectivity index (χ0) is 14.5. The highest BCUT2D eigenvalue weighted by Crippen LogP contribution is 2.21. The predicted molar refractivity (Wildman–Crippen MR) is 82.4 cm³/mol. The van der Waals surface area contributed by atoms with Crippen LogP contribution in [-0.2, 0) is 6.54 Å². The van der Waals surface area contributed by atoms with Gasteiger partial charge in [0, 0.05) is 12.2 Å². The van der Waals surface area contributed by atoms with Gasteiger partial charge >= 0.3 is 0 Å². The maximum atomic E-state index is 9.49. The number of phenols is 1. The lowest BCUT2D eigenvalue weighted by Crippen LogP contribution is -2.05. The Morgan fingerprint density at radius 1 is 1.10 bits per heavy atom. The Labute approximate surface area is 120 Å². The van der Waals surface area contributed by atoms with Crippen molar-refractivity contribution in [1.82, 2.24) is 0 Å². The van der Waals surface area contributed by atoms with Crippen molar-refractivity contribution in [1.29, 1.82) is 0 Å². The first kappa shape index (κ1) is 14.3. The molecule has 3 heteroatoms. The van der Waals surface area contributed by atoms with E-state index in [0.29, 0.717) is 5.75 Å². The van der Waals surface area contributed by atoms with Crippen molar-refractivity contribution < 1.29 is 9.84 Å². The number of phenolic OH excluding ortho intramolecular Hbond substituents is 1. The highest BCUT2D eigenvalue weighted by atomic mass is 16.5. The van der Waals surface area contributed by atoms with Crippen LogP contribution >= 0.6 is 0 Å². The summed E-state index contributed by atoms with van der Waals surface area (Å²) in [6.07, 6.45) is 0.193. The molecule has 0 radical (unpaired) electrons. The molecule has 0 aromatic heterocycles. The van der Waals surface area contributed by atoms with Gasteiger partial charge in [0.25, 0.3) is 0 Å². The number of hydrogen-bond acceptors (Lipinski definition) is 3. The van der Waals surface area contributed by atoms with Gasteiger partial charge in [-0.3, -0.25) is 0 Å². The van der Waals surface area contributed by atoms with Gasteiger partial charge in [-0.05, 0) is 62.2 Å². The van der Waals surface area contributed by atoms with Crippen molar-refractivity contribution in [3.05, 3.63) is 53.6 Å². The molecule has 0 aliphatic carbocycles. The van der Waals surface area contributed by atoms with E-state index in [2.05, 4.69) is 17.4 Å². The van der Waals surface area contributed by atoms with Crippen LogP contribution in [0.4, 0.5) is 5.69 Å². The molecule has 3 nitrogen and oxygen atoms in total. The summed E-state index contributed by atoms with van der Waals surface area (Å²) in [6.45, 7) is 6.66. The first-order valence-electron chi connectivity index (χ1n) is 6.83. The number of aryl methyl sites for hydroxylation is 1. The molecule has 0 heterocycles. The molecule has 0 saturated carbocycles. The van der Waals surface area contributed by atoms with Gasteiger partial charge in [-0.25, -0.2) is 0 Å². The van der Waals surface area contributed by atoms with Crippen molar-refractivity contribution in [3.8, 4) is 11.5 Å². The van der Waals surface area contributed by atoms with Crippen LogP contribution in [0.25, 0.3) is 0 Å². The summed E-state index contributed by atoms with van der Waals surface area (Å²) in [5.74, 6) is 1.22. The molecule has 0 aliphatic rings. The molecule has 0 unspecified atom stereocenters. The van der Waals surface area contributed by atoms with E-state index in [1.54, 1.807) is 6.07 Å². The number of hydrogen-bond donors (Lipinski definition) is 2. The van der Waals surface area contributed by atoms with E-state index in [4.69, 9.17) is 4.74 Å². The van der Waals surface area contributed by atoms with Gasteiger partial charge in [-0.15, -0.1) is 0 Å². The van der Waals surface area contributed by atoms with Gasteiger partial charge < -0.3 is 15.2 Å². The Bertz CT molecular complexity index is 562. The highest BCUT2D eigenvalue weighted by Gasteiger charge is 2.00. The molecule has 0 aliphatic heterocycles. The van der Waals surface area contributed by atoms with Crippen LogP contribution in [-0.4, -0.2) is 11.2 Å². The Hall–Kier alpha value is -2.16. The maximum Gasteiger partial charge on any atom is 0.119 e. The largest absolute Gasteiger partial charge is 0.508 e. The predicted octanol–water partition coefficient (Wildman–Crippen LogP) is 4.10. The summed E-state index contributed by atoms with van der Waals surface area (Å²) >= 11 is 0. The topological polar surface area (TPSA) is 41.5 Å². The number of nitrogens with one attached hydrogen (secondary N) is 1. The van der Waals surface area contributed by atoms with E-state index in [1.807, 2.05) is 45.0 Å². The second-order valence-electron chi connectivity index (χ2n) is 5.17. The second kappa shape index (κ2) is 6.33. The molecule has 0 spiro atoms. The summed E-state index contributed by atoms with van der Waals surface area (Å²) in [5.41, 5.74) is 3.06. The van der Waals surface area contributed by atoms with Gasteiger partial charge in [-0.1, -0.05) is 12.1 Å². The van der Waals surface area contributed by atoms with Crippen LogP contribution in [0.2, 0.25) is 0 Å². The summed E-state index contributed by atoms with van der Waals surface area (Å²) in [6, 6.07) is 13.6. The van der Waals surface area contributed by atoms with Gasteiger partial charge in [0.05, 0.1) is 6.10 Å². The van der Waals surface area contributed by atoms with Crippen LogP contribution in [0.5, 0.6) is 11.5 Å². The minimum Gasteiger partial charge on any atom is -0.508 e. The zero-order valence-electron chi connectivity index (χ0n) is 12.2. The van der Waals surface area contributed by atoms with Gasteiger partial charge in [0.2, 0.25) is 0 Å². The van der Waals surface area contributed by atoms with Crippen LogP contribution in [0, 0.1) is 6.92 Å². The van der Waals surface area contributed by atoms with Crippen molar-refractivity contribution in [2.75, 3.05) is 5.32 Å². The van der Waals surface area contributed by atoms with E-state index >= 15 is 0 Å². The Balaban J connectivity index is 1.95. The van der Waals surface area contributed by atoms with Gasteiger partial charge in [0.15, 0.2) is 0 Å². The molecule has 0 atom stereocenters. The number of benzene rings is 2. The van der Waals surface area contributed by atoms with Crippen LogP contribution < -0.4 is 10.1 Å². The van der Waals surface area contributed by atoms with E-state index < -0.39 is 0 Å². The Morgan fingerprint density at radius 3 is 2.40 bits per heavy atom. The summed E-state index contributed by atoms with van der Waals surface area (Å²) in [7, 11) is 0. The van der Waals surface area contributed by atoms with Crippen molar-refractivity contribution in [2.24, 2.45) is 0 Å². The van der Waals surface area contributed by atoms with E-state index in [0.717, 1.165) is 23.5 Å². The molecule has 20 heavy (non-hydrogen) atoms. The fourth-order valence-electron chi connectivity index (χ4n) is 1.93. The lowest BCUT2D eigenvalue weighted by atomic mass is 10.2. The van der Waals surface area contributed by atoms with Crippen molar-refractivity contribution in [3.63, 3.8) is 0 Å². The molecule has 2 aromatic carbocycles. The lowest BCUT2D eigenvalue weighted by molar-refractivity contribution is 0.242. The van der Waals surface area contributed by atoms with Crippen LogP contribution in [0.15, 0.2) is 42.5 Å². The third-order valence-electron chi connectivity index (χ3n) is 2.99. The zero-order valence-corrected chi connectivity index (χ0v) is 12.2. The van der Waals surface area contributed by atoms with Crippen LogP contribution in [0.1, 0.15) is 25.0 Å². The number of rotatable bonds is 5. The molecule has 0 bridgehead atoms. The molecule has 0 fully saturated rings. The van der Waals surface area contributed by atoms with Crippen molar-refractivity contribution >= 4 is 5.69 Å². The number of ether oxygens (including phenoxy) is 1. The third-order valence-corrected chi connectivity index (χ3v) is 2.99. The third kappa shape index (κ3) is 3.92. The first-order chi connectivity index (χ1) is 9.54. The fourth-order valence-corrected chi connectivity index (χ4v) is 1.93. The molecule has 2 aromatic rings. The number of aromatic hydroxyl groups is 1. The maximum absolute atomic E-state index is 9.49. The number of anilines is 1. The molecule has 106 valence electrons. The molecular formula is C17H21NO2. The minimum atomic E-state index is 0.193. The van der Waals surface area contributed by atoms with E-state index in [1.165, 1.54) is 5.56 Å².